The maximum absolute atomic E-state index is 10.5. The number of nitrogens with two attached hydrogens (primary N) is 1. The van der Waals surface area contributed by atoms with Crippen LogP contribution in [0, 0.1) is 0 Å². The Morgan fingerprint density at radius 1 is 1.54 bits per heavy atom. The Kier molecular flexibility index (Phi) is 1.81. The largest absolute Gasteiger partial charge is 0.395 e. The number of hydrogen-bond donors (Lipinski definition) is 2. The molecule has 0 unspecified atom stereocenters. The zero-order chi connectivity index (χ0) is 9.42. The quantitative estimate of drug-likeness (QED) is 0.588. The van der Waals surface area contributed by atoms with Crippen molar-refractivity contribution in [2.24, 2.45) is 0 Å². The molecule has 0 spiro atoms. The molecule has 0 aliphatic rings. The third-order valence-electron chi connectivity index (χ3n) is 1.79. The van der Waals surface area contributed by atoms with Crippen molar-refractivity contribution in [1.29, 1.82) is 0 Å². The molecule has 0 bridgehead atoms. The molecule has 5 heteroatoms. The highest BCUT2D eigenvalue weighted by atomic mass is 79.9. The van der Waals surface area contributed by atoms with E-state index in [0.717, 1.165) is 5.52 Å². The third kappa shape index (κ3) is 1.21. The van der Waals surface area contributed by atoms with Gasteiger partial charge in [-0.1, -0.05) is 0 Å². The van der Waals surface area contributed by atoms with Crippen LogP contribution < -0.4 is 5.73 Å². The standard InChI is InChI=1S/C8H6BrN3O/c9-6-2-1-4-8(12-6)7(10)5(3-13)11-4/h1-3,11H,10H2. The van der Waals surface area contributed by atoms with Crippen molar-refractivity contribution in [2.45, 2.75) is 0 Å². The minimum absolute atomic E-state index is 0.376. The number of aromatic nitrogens is 2. The second-order valence-electron chi connectivity index (χ2n) is 2.60. The monoisotopic (exact) mass is 239 g/mol. The second kappa shape index (κ2) is 2.85. The van der Waals surface area contributed by atoms with Crippen molar-refractivity contribution in [3.8, 4) is 0 Å². The average molecular weight is 240 g/mol. The molecule has 2 aromatic heterocycles. The van der Waals surface area contributed by atoms with Crippen LogP contribution in [0.4, 0.5) is 5.69 Å². The summed E-state index contributed by atoms with van der Waals surface area (Å²) in [5.74, 6) is 0. The molecule has 0 aliphatic carbocycles. The van der Waals surface area contributed by atoms with Crippen molar-refractivity contribution in [1.82, 2.24) is 9.97 Å². The molecule has 66 valence electrons. The van der Waals surface area contributed by atoms with E-state index in [1.807, 2.05) is 6.07 Å². The van der Waals surface area contributed by atoms with Gasteiger partial charge in [0.1, 0.15) is 15.8 Å². The van der Waals surface area contributed by atoms with Gasteiger partial charge in [0.15, 0.2) is 6.29 Å². The van der Waals surface area contributed by atoms with Gasteiger partial charge in [0, 0.05) is 0 Å². The molecule has 0 amide bonds. The first-order valence-corrected chi connectivity index (χ1v) is 4.40. The number of halogens is 1. The van der Waals surface area contributed by atoms with Crippen molar-refractivity contribution in [2.75, 3.05) is 5.73 Å². The third-order valence-corrected chi connectivity index (χ3v) is 2.24. The lowest BCUT2D eigenvalue weighted by molar-refractivity contribution is 0.112. The van der Waals surface area contributed by atoms with Gasteiger partial charge >= 0.3 is 0 Å². The highest BCUT2D eigenvalue weighted by Crippen LogP contribution is 2.23. The highest BCUT2D eigenvalue weighted by Gasteiger charge is 2.08. The Morgan fingerprint density at radius 3 is 3.00 bits per heavy atom. The zero-order valence-corrected chi connectivity index (χ0v) is 8.13. The van der Waals surface area contributed by atoms with Crippen LogP contribution in [0.25, 0.3) is 11.0 Å². The molecule has 0 saturated carbocycles. The van der Waals surface area contributed by atoms with Gasteiger partial charge in [-0.25, -0.2) is 4.98 Å². The normalized spacial score (nSPS) is 10.5. The summed E-state index contributed by atoms with van der Waals surface area (Å²) in [6.07, 6.45) is 0.685. The van der Waals surface area contributed by atoms with Gasteiger partial charge in [-0.2, -0.15) is 0 Å². The number of aromatic amines is 1. The van der Waals surface area contributed by atoms with Crippen LogP contribution in [-0.2, 0) is 0 Å². The summed E-state index contributed by atoms with van der Waals surface area (Å²) in [6, 6.07) is 3.60. The molecule has 2 heterocycles. The number of carbonyl (C=O) groups excluding carboxylic acids is 1. The van der Waals surface area contributed by atoms with E-state index in [0.29, 0.717) is 27.8 Å². The zero-order valence-electron chi connectivity index (χ0n) is 6.54. The summed E-state index contributed by atoms with van der Waals surface area (Å²) in [6.45, 7) is 0. The lowest BCUT2D eigenvalue weighted by Gasteiger charge is -1.91. The van der Waals surface area contributed by atoms with E-state index >= 15 is 0 Å². The van der Waals surface area contributed by atoms with Gasteiger partial charge in [0.25, 0.3) is 0 Å². The Balaban J connectivity index is 2.84. The molecule has 0 aliphatic heterocycles. The summed E-state index contributed by atoms with van der Waals surface area (Å²) in [4.78, 5) is 17.5. The van der Waals surface area contributed by atoms with E-state index < -0.39 is 0 Å². The first-order valence-electron chi connectivity index (χ1n) is 3.61. The van der Waals surface area contributed by atoms with E-state index in [4.69, 9.17) is 5.73 Å². The maximum Gasteiger partial charge on any atom is 0.168 e. The number of rotatable bonds is 1. The van der Waals surface area contributed by atoms with Crippen LogP contribution in [0.1, 0.15) is 10.5 Å². The number of fused-ring (bicyclic) bond motifs is 1. The van der Waals surface area contributed by atoms with Crippen molar-refractivity contribution in [3.05, 3.63) is 22.4 Å². The second-order valence-corrected chi connectivity index (χ2v) is 3.41. The molecule has 0 aromatic carbocycles. The van der Waals surface area contributed by atoms with E-state index in [2.05, 4.69) is 25.9 Å². The smallest absolute Gasteiger partial charge is 0.168 e. The number of anilines is 1. The first kappa shape index (κ1) is 8.25. The summed E-state index contributed by atoms with van der Waals surface area (Å²) < 4.78 is 0.697. The Labute approximate surface area is 82.3 Å². The van der Waals surface area contributed by atoms with Gasteiger partial charge in [0.2, 0.25) is 0 Å². The molecule has 0 fully saturated rings. The molecule has 4 nitrogen and oxygen atoms in total. The summed E-state index contributed by atoms with van der Waals surface area (Å²) in [7, 11) is 0. The number of carbonyl (C=O) groups is 1. The number of H-pyrrole nitrogens is 1. The molecule has 2 rings (SSSR count). The van der Waals surface area contributed by atoms with Crippen LogP contribution >= 0.6 is 15.9 Å². The number of aldehydes is 1. The molecule has 0 atom stereocenters. The van der Waals surface area contributed by atoms with Crippen molar-refractivity contribution >= 4 is 38.9 Å². The van der Waals surface area contributed by atoms with Crippen molar-refractivity contribution in [3.63, 3.8) is 0 Å². The van der Waals surface area contributed by atoms with Gasteiger partial charge < -0.3 is 10.7 Å². The van der Waals surface area contributed by atoms with Crippen LogP contribution in [0.5, 0.6) is 0 Å². The fourth-order valence-electron chi connectivity index (χ4n) is 1.17. The van der Waals surface area contributed by atoms with Crippen LogP contribution in [0.3, 0.4) is 0 Å². The molecule has 0 radical (unpaired) electrons. The van der Waals surface area contributed by atoms with E-state index in [9.17, 15) is 4.79 Å². The van der Waals surface area contributed by atoms with Gasteiger partial charge in [-0.05, 0) is 28.1 Å². The van der Waals surface area contributed by atoms with Gasteiger partial charge in [-0.3, -0.25) is 4.79 Å². The maximum atomic E-state index is 10.5. The van der Waals surface area contributed by atoms with Crippen LogP contribution in [0.2, 0.25) is 0 Å². The minimum atomic E-state index is 0.376. The van der Waals surface area contributed by atoms with Gasteiger partial charge in [-0.15, -0.1) is 0 Å². The van der Waals surface area contributed by atoms with E-state index in [1.54, 1.807) is 6.07 Å². The predicted molar refractivity (Wildman–Crippen MR) is 53.6 cm³/mol. The highest BCUT2D eigenvalue weighted by molar-refractivity contribution is 9.10. The van der Waals surface area contributed by atoms with Crippen LogP contribution in [0.15, 0.2) is 16.7 Å². The number of nitrogen functional groups attached to an aromatic ring is 1. The molecule has 3 N–H and O–H groups in total. The summed E-state index contributed by atoms with van der Waals surface area (Å²) >= 11 is 3.23. The molecular formula is C8H6BrN3O. The topological polar surface area (TPSA) is 71.8 Å². The van der Waals surface area contributed by atoms with E-state index in [1.165, 1.54) is 0 Å². The predicted octanol–water partition coefficient (Wildman–Crippen LogP) is 1.72. The fourth-order valence-corrected chi connectivity index (χ4v) is 1.48. The average Bonchev–Trinajstić information content (AvgIpc) is 2.44. The molecule has 0 saturated heterocycles. The fraction of sp³-hybridized carbons (Fsp3) is 0. The number of hydrogen-bond acceptors (Lipinski definition) is 3. The lowest BCUT2D eigenvalue weighted by Crippen LogP contribution is -1.89. The Bertz CT molecular complexity index is 477. The molecule has 13 heavy (non-hydrogen) atoms. The van der Waals surface area contributed by atoms with Crippen molar-refractivity contribution < 1.29 is 4.79 Å². The van der Waals surface area contributed by atoms with Crippen LogP contribution in [-0.4, -0.2) is 16.3 Å². The minimum Gasteiger partial charge on any atom is -0.395 e. The number of nitrogens with one attached hydrogen (secondary N) is 1. The van der Waals surface area contributed by atoms with E-state index in [-0.39, 0.29) is 0 Å². The number of nitrogens with zero attached hydrogens (tertiary/aromatic N) is 1. The lowest BCUT2D eigenvalue weighted by atomic mass is 10.3. The molecule has 2 aromatic rings. The molecular weight excluding hydrogens is 234 g/mol. The summed E-state index contributed by atoms with van der Waals surface area (Å²) in [5, 5.41) is 0. The first-order chi connectivity index (χ1) is 6.22. The summed E-state index contributed by atoms with van der Waals surface area (Å²) in [5.41, 5.74) is 7.83. The SMILES string of the molecule is Nc1c(C=O)[nH]c2ccc(Br)nc12. The Morgan fingerprint density at radius 2 is 2.31 bits per heavy atom. The Hall–Kier alpha value is -1.36. The van der Waals surface area contributed by atoms with Gasteiger partial charge in [0.05, 0.1) is 11.2 Å². The number of pyridine rings is 1.